The number of esters is 1. The monoisotopic (exact) mass is 400 g/mol. The molecule has 152 valence electrons. The number of methoxy groups -OCH3 is 1. The van der Waals surface area contributed by atoms with Crippen LogP contribution in [0.4, 0.5) is 5.69 Å². The summed E-state index contributed by atoms with van der Waals surface area (Å²) in [5.74, 6) is 0.0585. The van der Waals surface area contributed by atoms with Gasteiger partial charge in [-0.2, -0.15) is 0 Å². The summed E-state index contributed by atoms with van der Waals surface area (Å²) in [5.41, 5.74) is 5.59. The van der Waals surface area contributed by atoms with Crippen molar-refractivity contribution in [1.82, 2.24) is 0 Å². The third-order valence-corrected chi connectivity index (χ3v) is 5.15. The van der Waals surface area contributed by atoms with Crippen molar-refractivity contribution in [3.05, 3.63) is 24.3 Å². The van der Waals surface area contributed by atoms with Gasteiger partial charge in [0.1, 0.15) is 11.3 Å². The van der Waals surface area contributed by atoms with Crippen LogP contribution in [0.1, 0.15) is 33.6 Å². The number of nitrogens with two attached hydrogens (primary N) is 1. The van der Waals surface area contributed by atoms with E-state index in [4.69, 9.17) is 15.2 Å². The van der Waals surface area contributed by atoms with E-state index in [2.05, 4.69) is 10.1 Å². The van der Waals surface area contributed by atoms with Crippen LogP contribution in [-0.4, -0.2) is 43.8 Å². The lowest BCUT2D eigenvalue weighted by molar-refractivity contribution is -0.166. The molecule has 0 saturated heterocycles. The first kappa shape index (κ1) is 23.2. The highest BCUT2D eigenvalue weighted by molar-refractivity contribution is 5.99. The van der Waals surface area contributed by atoms with Crippen molar-refractivity contribution in [2.45, 2.75) is 45.3 Å². The lowest BCUT2D eigenvalue weighted by Gasteiger charge is -2.57. The van der Waals surface area contributed by atoms with Gasteiger partial charge in [0, 0.05) is 24.1 Å². The molecule has 1 amide bonds. The lowest BCUT2D eigenvalue weighted by atomic mass is 9.54. The van der Waals surface area contributed by atoms with Crippen molar-refractivity contribution in [2.75, 3.05) is 25.6 Å². The number of amides is 1. The van der Waals surface area contributed by atoms with Crippen LogP contribution in [0.5, 0.6) is 5.75 Å². The molecule has 2 atom stereocenters. The maximum atomic E-state index is 12.7. The molecule has 8 heteroatoms. The first-order valence-corrected chi connectivity index (χ1v) is 8.76. The molecular formula is C19H29ClN2O5. The van der Waals surface area contributed by atoms with Gasteiger partial charge in [-0.1, -0.05) is 13.8 Å². The molecule has 2 rings (SSSR count). The second-order valence-electron chi connectivity index (χ2n) is 6.99. The van der Waals surface area contributed by atoms with Gasteiger partial charge in [-0.15, -0.1) is 12.4 Å². The van der Waals surface area contributed by atoms with Crippen molar-refractivity contribution in [2.24, 2.45) is 11.1 Å². The summed E-state index contributed by atoms with van der Waals surface area (Å²) in [6.45, 7) is 6.67. The van der Waals surface area contributed by atoms with E-state index in [-0.39, 0.29) is 43.4 Å². The van der Waals surface area contributed by atoms with Crippen molar-refractivity contribution >= 4 is 30.0 Å². The highest BCUT2D eigenvalue weighted by Crippen LogP contribution is 2.50. The van der Waals surface area contributed by atoms with Gasteiger partial charge >= 0.3 is 5.97 Å². The number of hydrogen-bond donors (Lipinski definition) is 2. The van der Waals surface area contributed by atoms with Crippen molar-refractivity contribution < 1.29 is 23.8 Å². The summed E-state index contributed by atoms with van der Waals surface area (Å²) in [4.78, 5) is 23.7. The lowest BCUT2D eigenvalue weighted by Crippen LogP contribution is -2.74. The molecular weight excluding hydrogens is 372 g/mol. The first-order valence-electron chi connectivity index (χ1n) is 8.76. The van der Waals surface area contributed by atoms with E-state index in [1.165, 1.54) is 7.11 Å². The Morgan fingerprint density at radius 2 is 1.89 bits per heavy atom. The zero-order valence-electron chi connectivity index (χ0n) is 16.2. The number of hydrogen-bond acceptors (Lipinski definition) is 6. The van der Waals surface area contributed by atoms with E-state index in [0.717, 1.165) is 0 Å². The number of benzene rings is 1. The van der Waals surface area contributed by atoms with Crippen LogP contribution in [0.15, 0.2) is 24.3 Å². The summed E-state index contributed by atoms with van der Waals surface area (Å²) in [5, 5.41) is 2.86. The highest BCUT2D eigenvalue weighted by atomic mass is 35.5. The second kappa shape index (κ2) is 9.39. The van der Waals surface area contributed by atoms with E-state index < -0.39 is 11.0 Å². The van der Waals surface area contributed by atoms with Gasteiger partial charge in [0.05, 0.1) is 26.2 Å². The maximum Gasteiger partial charge on any atom is 0.308 e. The van der Waals surface area contributed by atoms with E-state index in [1.54, 1.807) is 24.3 Å². The number of carbonyl (C=O) groups is 2. The Labute approximate surface area is 166 Å². The predicted octanol–water partition coefficient (Wildman–Crippen LogP) is 2.52. The molecule has 2 unspecified atom stereocenters. The minimum absolute atomic E-state index is 0. The van der Waals surface area contributed by atoms with E-state index >= 15 is 0 Å². The van der Waals surface area contributed by atoms with Crippen molar-refractivity contribution in [1.29, 1.82) is 0 Å². The molecule has 1 aromatic rings. The number of ether oxygens (including phenoxy) is 3. The van der Waals surface area contributed by atoms with Gasteiger partial charge in [0.25, 0.3) is 0 Å². The van der Waals surface area contributed by atoms with Crippen LogP contribution >= 0.6 is 12.4 Å². The van der Waals surface area contributed by atoms with E-state index in [0.29, 0.717) is 24.5 Å². The fourth-order valence-electron chi connectivity index (χ4n) is 3.05. The quantitative estimate of drug-likeness (QED) is 0.650. The van der Waals surface area contributed by atoms with Gasteiger partial charge < -0.3 is 25.3 Å². The molecule has 0 radical (unpaired) electrons. The number of nitrogens with one attached hydrogen (secondary N) is 1. The third kappa shape index (κ3) is 4.91. The predicted molar refractivity (Wildman–Crippen MR) is 105 cm³/mol. The van der Waals surface area contributed by atoms with Crippen LogP contribution in [0.2, 0.25) is 0 Å². The number of anilines is 1. The van der Waals surface area contributed by atoms with Crippen molar-refractivity contribution in [3.63, 3.8) is 0 Å². The summed E-state index contributed by atoms with van der Waals surface area (Å²) in [7, 11) is 1.34. The molecule has 1 aromatic carbocycles. The Morgan fingerprint density at radius 1 is 1.26 bits per heavy atom. The molecule has 1 aliphatic rings. The highest BCUT2D eigenvalue weighted by Gasteiger charge is 2.62. The maximum absolute atomic E-state index is 12.7. The fourth-order valence-corrected chi connectivity index (χ4v) is 3.05. The Hall–Kier alpha value is -1.83. The van der Waals surface area contributed by atoms with Gasteiger partial charge in [-0.05, 0) is 31.2 Å². The largest absolute Gasteiger partial charge is 0.493 e. The van der Waals surface area contributed by atoms with Crippen LogP contribution in [-0.2, 0) is 19.1 Å². The SMILES string of the molecule is CCOC1CC(N)(C(=O)Nc2ccc(OCCC(=O)OC)cc2)C1(C)C.Cl. The van der Waals surface area contributed by atoms with Crippen LogP contribution < -0.4 is 15.8 Å². The molecule has 0 spiro atoms. The van der Waals surface area contributed by atoms with E-state index in [9.17, 15) is 9.59 Å². The standard InChI is InChI=1S/C19H28N2O5.ClH/c1-5-25-15-12-19(20,18(15,2)3)17(23)21-13-6-8-14(9-7-13)26-11-10-16(22)24-4;/h6-9,15H,5,10-12,20H2,1-4H3,(H,21,23);1H. The molecule has 0 aromatic heterocycles. The molecule has 0 aliphatic heterocycles. The topological polar surface area (TPSA) is 99.9 Å². The smallest absolute Gasteiger partial charge is 0.308 e. The summed E-state index contributed by atoms with van der Waals surface area (Å²) < 4.78 is 15.7. The first-order chi connectivity index (χ1) is 12.2. The number of carbonyl (C=O) groups excluding carboxylic acids is 2. The Kier molecular flexibility index (Phi) is 8.07. The Balaban J connectivity index is 0.00000364. The van der Waals surface area contributed by atoms with Gasteiger partial charge in [0.15, 0.2) is 0 Å². The van der Waals surface area contributed by atoms with Gasteiger partial charge in [0.2, 0.25) is 5.91 Å². The normalized spacial score (nSPS) is 22.8. The molecule has 7 nitrogen and oxygen atoms in total. The molecule has 1 saturated carbocycles. The molecule has 1 aliphatic carbocycles. The van der Waals surface area contributed by atoms with Crippen LogP contribution in [0.3, 0.4) is 0 Å². The minimum atomic E-state index is -0.970. The molecule has 1 fully saturated rings. The second-order valence-corrected chi connectivity index (χ2v) is 6.99. The zero-order valence-corrected chi connectivity index (χ0v) is 17.1. The van der Waals surface area contributed by atoms with Gasteiger partial charge in [-0.25, -0.2) is 0 Å². The minimum Gasteiger partial charge on any atom is -0.493 e. The van der Waals surface area contributed by atoms with E-state index in [1.807, 2.05) is 20.8 Å². The van der Waals surface area contributed by atoms with Crippen molar-refractivity contribution in [3.8, 4) is 5.75 Å². The average molecular weight is 401 g/mol. The van der Waals surface area contributed by atoms with Crippen LogP contribution in [0, 0.1) is 5.41 Å². The van der Waals surface area contributed by atoms with Crippen LogP contribution in [0.25, 0.3) is 0 Å². The average Bonchev–Trinajstić information content (AvgIpc) is 2.62. The Morgan fingerprint density at radius 3 is 2.41 bits per heavy atom. The molecule has 27 heavy (non-hydrogen) atoms. The summed E-state index contributed by atoms with van der Waals surface area (Å²) in [6.07, 6.45) is 0.656. The number of rotatable bonds is 8. The van der Waals surface area contributed by atoms with Gasteiger partial charge in [-0.3, -0.25) is 9.59 Å². The molecule has 0 bridgehead atoms. The molecule has 0 heterocycles. The zero-order chi connectivity index (χ0) is 19.4. The molecule has 3 N–H and O–H groups in total. The summed E-state index contributed by atoms with van der Waals surface area (Å²) >= 11 is 0. The number of halogens is 1. The summed E-state index contributed by atoms with van der Waals surface area (Å²) in [6, 6.07) is 6.93. The third-order valence-electron chi connectivity index (χ3n) is 5.15. The Bertz CT molecular complexity index is 650. The fraction of sp³-hybridized carbons (Fsp3) is 0.579.